The second-order valence-electron chi connectivity index (χ2n) is 7.45. The van der Waals surface area contributed by atoms with E-state index >= 15 is 0 Å². The van der Waals surface area contributed by atoms with Crippen molar-refractivity contribution in [1.82, 2.24) is 0 Å². The quantitative estimate of drug-likeness (QED) is 0.116. The predicted molar refractivity (Wildman–Crippen MR) is 134 cm³/mol. The third kappa shape index (κ3) is 5.24. The Morgan fingerprint density at radius 2 is 1.53 bits per heavy atom. The average Bonchev–Trinajstić information content (AvgIpc) is 3.18. The maximum absolute atomic E-state index is 12.5. The van der Waals surface area contributed by atoms with Crippen molar-refractivity contribution in [2.75, 3.05) is 5.01 Å². The van der Waals surface area contributed by atoms with E-state index in [1.165, 1.54) is 0 Å². The second kappa shape index (κ2) is 10.7. The highest BCUT2D eigenvalue weighted by Crippen LogP contribution is 2.37. The fourth-order valence-corrected chi connectivity index (χ4v) is 4.44. The number of esters is 1. The largest absolute Gasteiger partial charge is 0.424 e. The van der Waals surface area contributed by atoms with Gasteiger partial charge in [-0.2, -0.15) is 5.10 Å². The maximum Gasteiger partial charge on any atom is 0.311 e. The lowest BCUT2D eigenvalue weighted by Crippen LogP contribution is -2.10. The first-order valence-corrected chi connectivity index (χ1v) is 11.7. The minimum Gasteiger partial charge on any atom is -0.424 e. The lowest BCUT2D eigenvalue weighted by molar-refractivity contribution is -0.134. The van der Waals surface area contributed by atoms with Crippen LogP contribution >= 0.6 is 11.3 Å². The van der Waals surface area contributed by atoms with E-state index in [1.54, 1.807) is 17.6 Å². The van der Waals surface area contributed by atoms with Gasteiger partial charge in [0.1, 0.15) is 0 Å². The molecule has 0 atom stereocenters. The first-order chi connectivity index (χ1) is 15.8. The van der Waals surface area contributed by atoms with E-state index in [9.17, 15) is 4.79 Å². The summed E-state index contributed by atoms with van der Waals surface area (Å²) in [6.07, 6.45) is 5.16. The number of thiophene rings is 1. The van der Waals surface area contributed by atoms with Crippen LogP contribution in [0.3, 0.4) is 0 Å². The van der Waals surface area contributed by atoms with Crippen molar-refractivity contribution in [3.8, 4) is 5.75 Å². The summed E-state index contributed by atoms with van der Waals surface area (Å²) in [5.74, 6) is 0.400. The number of benzene rings is 3. The van der Waals surface area contributed by atoms with Crippen LogP contribution < -0.4 is 9.75 Å². The highest BCUT2D eigenvalue weighted by Gasteiger charge is 2.16. The SMILES string of the molecule is CCCCCC(=O)Oc1c(/C=N\N(c2ccccc2)c2ccccc2)sc2ccccc12. The molecule has 0 N–H and O–H groups in total. The number of hydrazone groups is 1. The first kappa shape index (κ1) is 21.8. The van der Waals surface area contributed by atoms with Crippen molar-refractivity contribution in [3.05, 3.63) is 89.8 Å². The molecule has 1 heterocycles. The van der Waals surface area contributed by atoms with Crippen molar-refractivity contribution < 1.29 is 9.53 Å². The van der Waals surface area contributed by atoms with Crippen LogP contribution in [0.15, 0.2) is 90.0 Å². The third-order valence-electron chi connectivity index (χ3n) is 5.07. The first-order valence-electron chi connectivity index (χ1n) is 10.9. The molecule has 5 heteroatoms. The minimum absolute atomic E-state index is 0.195. The maximum atomic E-state index is 12.5. The number of rotatable bonds is 9. The van der Waals surface area contributed by atoms with Crippen molar-refractivity contribution in [2.24, 2.45) is 5.10 Å². The molecule has 4 rings (SSSR count). The average molecular weight is 443 g/mol. The van der Waals surface area contributed by atoms with Crippen LogP contribution in [0.4, 0.5) is 11.4 Å². The summed E-state index contributed by atoms with van der Waals surface area (Å²) in [7, 11) is 0. The van der Waals surface area contributed by atoms with Crippen molar-refractivity contribution in [2.45, 2.75) is 32.6 Å². The monoisotopic (exact) mass is 442 g/mol. The molecular weight excluding hydrogens is 416 g/mol. The van der Waals surface area contributed by atoms with Gasteiger partial charge < -0.3 is 4.74 Å². The highest BCUT2D eigenvalue weighted by molar-refractivity contribution is 7.21. The fourth-order valence-electron chi connectivity index (χ4n) is 3.45. The van der Waals surface area contributed by atoms with Gasteiger partial charge in [-0.15, -0.1) is 11.3 Å². The van der Waals surface area contributed by atoms with E-state index in [1.807, 2.05) is 89.9 Å². The molecule has 0 aliphatic rings. The standard InChI is InChI=1S/C27H26N2O2S/c1-2-3-6-19-26(30)31-27-23-17-11-12-18-24(23)32-25(27)20-28-29(21-13-7-4-8-14-21)22-15-9-5-10-16-22/h4-5,7-18,20H,2-3,6,19H2,1H3/b28-20-. The van der Waals surface area contributed by atoms with E-state index < -0.39 is 0 Å². The Labute approximate surface area is 192 Å². The van der Waals surface area contributed by atoms with Crippen LogP contribution in [0.2, 0.25) is 0 Å². The number of carbonyl (C=O) groups excluding carboxylic acids is 1. The van der Waals surface area contributed by atoms with Crippen LogP contribution in [0.1, 0.15) is 37.5 Å². The number of hydrogen-bond donors (Lipinski definition) is 0. The molecule has 0 saturated heterocycles. The smallest absolute Gasteiger partial charge is 0.311 e. The topological polar surface area (TPSA) is 41.9 Å². The molecule has 0 fully saturated rings. The normalized spacial score (nSPS) is 11.2. The molecule has 0 unspecified atom stereocenters. The number of nitrogens with zero attached hydrogens (tertiary/aromatic N) is 2. The van der Waals surface area contributed by atoms with Gasteiger partial charge in [0.15, 0.2) is 5.75 Å². The van der Waals surface area contributed by atoms with Crippen LogP contribution in [-0.2, 0) is 4.79 Å². The van der Waals surface area contributed by atoms with Crippen molar-refractivity contribution in [3.63, 3.8) is 0 Å². The molecule has 0 saturated carbocycles. The summed E-state index contributed by atoms with van der Waals surface area (Å²) in [6.45, 7) is 2.12. The van der Waals surface area contributed by atoms with E-state index in [4.69, 9.17) is 9.84 Å². The Morgan fingerprint density at radius 1 is 0.906 bits per heavy atom. The molecule has 4 nitrogen and oxygen atoms in total. The molecule has 0 aliphatic carbocycles. The summed E-state index contributed by atoms with van der Waals surface area (Å²) in [4.78, 5) is 13.3. The van der Waals surface area contributed by atoms with Gasteiger partial charge in [0.25, 0.3) is 0 Å². The van der Waals surface area contributed by atoms with Crippen LogP contribution in [0, 0.1) is 0 Å². The van der Waals surface area contributed by atoms with Crippen LogP contribution in [0.25, 0.3) is 10.1 Å². The number of ether oxygens (including phenoxy) is 1. The molecule has 0 bridgehead atoms. The van der Waals surface area contributed by atoms with Gasteiger partial charge in [-0.1, -0.05) is 68.3 Å². The lowest BCUT2D eigenvalue weighted by atomic mass is 10.2. The molecule has 162 valence electrons. The Hall–Kier alpha value is -3.44. The number of carbonyl (C=O) groups is 1. The Morgan fingerprint density at radius 3 is 2.19 bits per heavy atom. The van der Waals surface area contributed by atoms with Crippen LogP contribution in [0.5, 0.6) is 5.75 Å². The van der Waals surface area contributed by atoms with E-state index in [0.717, 1.165) is 45.6 Å². The van der Waals surface area contributed by atoms with Gasteiger partial charge in [0.05, 0.1) is 22.5 Å². The number of fused-ring (bicyclic) bond motifs is 1. The molecule has 32 heavy (non-hydrogen) atoms. The van der Waals surface area contributed by atoms with Gasteiger partial charge in [-0.25, -0.2) is 5.01 Å². The summed E-state index contributed by atoms with van der Waals surface area (Å²) < 4.78 is 6.92. The Bertz CT molecular complexity index is 1150. The molecule has 4 aromatic rings. The van der Waals surface area contributed by atoms with Crippen LogP contribution in [-0.4, -0.2) is 12.2 Å². The van der Waals surface area contributed by atoms with Gasteiger partial charge >= 0.3 is 5.97 Å². The fraction of sp³-hybridized carbons (Fsp3) is 0.185. The predicted octanol–water partition coefficient (Wildman–Crippen LogP) is 7.56. The zero-order valence-electron chi connectivity index (χ0n) is 18.1. The molecule has 0 spiro atoms. The number of anilines is 2. The zero-order valence-corrected chi connectivity index (χ0v) is 18.9. The van der Waals surface area contributed by atoms with E-state index in [-0.39, 0.29) is 5.97 Å². The Balaban J connectivity index is 1.68. The van der Waals surface area contributed by atoms with E-state index in [0.29, 0.717) is 12.2 Å². The summed E-state index contributed by atoms with van der Waals surface area (Å²) >= 11 is 1.57. The molecule has 3 aromatic carbocycles. The molecule has 0 amide bonds. The van der Waals surface area contributed by atoms with E-state index in [2.05, 4.69) is 6.92 Å². The number of hydrogen-bond acceptors (Lipinski definition) is 5. The molecule has 0 radical (unpaired) electrons. The van der Waals surface area contributed by atoms with Crippen molar-refractivity contribution in [1.29, 1.82) is 0 Å². The van der Waals surface area contributed by atoms with Gasteiger partial charge in [-0.05, 0) is 42.8 Å². The molecular formula is C27H26N2O2S. The summed E-state index contributed by atoms with van der Waals surface area (Å²) in [5, 5.41) is 7.63. The summed E-state index contributed by atoms with van der Waals surface area (Å²) in [5.41, 5.74) is 1.91. The molecule has 0 aliphatic heterocycles. The highest BCUT2D eigenvalue weighted by atomic mass is 32.1. The third-order valence-corrected chi connectivity index (χ3v) is 6.15. The van der Waals surface area contributed by atoms with Gasteiger partial charge in [0.2, 0.25) is 0 Å². The second-order valence-corrected chi connectivity index (χ2v) is 8.53. The van der Waals surface area contributed by atoms with Gasteiger partial charge in [-0.3, -0.25) is 4.79 Å². The van der Waals surface area contributed by atoms with Crippen molar-refractivity contribution >= 4 is 45.0 Å². The zero-order chi connectivity index (χ0) is 22.2. The number of para-hydroxylation sites is 2. The minimum atomic E-state index is -0.195. The Kier molecular flexibility index (Phi) is 7.31. The summed E-state index contributed by atoms with van der Waals surface area (Å²) in [6, 6.07) is 28.0. The van der Waals surface area contributed by atoms with Gasteiger partial charge in [0, 0.05) is 16.5 Å². The molecule has 1 aromatic heterocycles. The lowest BCUT2D eigenvalue weighted by Gasteiger charge is -2.19. The number of unbranched alkanes of at least 4 members (excludes halogenated alkanes) is 2.